The highest BCUT2D eigenvalue weighted by Gasteiger charge is 2.31. The van der Waals surface area contributed by atoms with Crippen molar-refractivity contribution < 1.29 is 9.90 Å². The van der Waals surface area contributed by atoms with E-state index in [1.807, 2.05) is 4.90 Å². The predicted molar refractivity (Wildman–Crippen MR) is 68.3 cm³/mol. The van der Waals surface area contributed by atoms with Gasteiger partial charge in [-0.2, -0.15) is 0 Å². The summed E-state index contributed by atoms with van der Waals surface area (Å²) < 4.78 is 0. The molecule has 5 nitrogen and oxygen atoms in total. The first-order chi connectivity index (χ1) is 8.59. The Hall–Kier alpha value is -1.46. The van der Waals surface area contributed by atoms with Gasteiger partial charge in [-0.25, -0.2) is 0 Å². The molecule has 2 rings (SSSR count). The molecule has 2 unspecified atom stereocenters. The van der Waals surface area contributed by atoms with Crippen molar-refractivity contribution in [2.75, 3.05) is 26.7 Å². The Kier molecular flexibility index (Phi) is 3.93. The smallest absolute Gasteiger partial charge is 0.325 e. The highest BCUT2D eigenvalue weighted by Crippen LogP contribution is 2.23. The van der Waals surface area contributed by atoms with Crippen molar-refractivity contribution in [3.63, 3.8) is 0 Å². The van der Waals surface area contributed by atoms with E-state index in [1.165, 1.54) is 0 Å². The van der Waals surface area contributed by atoms with E-state index in [9.17, 15) is 9.90 Å². The normalized spacial score (nSPS) is 23.8. The fraction of sp³-hybridized carbons (Fsp3) is 0.538. The van der Waals surface area contributed by atoms with Gasteiger partial charge in [0.1, 0.15) is 6.04 Å². The van der Waals surface area contributed by atoms with Crippen LogP contribution in [0.25, 0.3) is 0 Å². The number of rotatable bonds is 3. The second-order valence-electron chi connectivity index (χ2n) is 4.85. The van der Waals surface area contributed by atoms with Crippen molar-refractivity contribution in [2.24, 2.45) is 0 Å². The molecule has 1 N–H and O–H groups in total. The topological polar surface area (TPSA) is 56.7 Å². The molecule has 1 fully saturated rings. The number of piperazine rings is 1. The van der Waals surface area contributed by atoms with Crippen LogP contribution in [0.1, 0.15) is 18.5 Å². The third kappa shape index (κ3) is 2.68. The minimum Gasteiger partial charge on any atom is -0.480 e. The van der Waals surface area contributed by atoms with Crippen molar-refractivity contribution in [1.29, 1.82) is 0 Å². The highest BCUT2D eigenvalue weighted by molar-refractivity contribution is 5.75. The van der Waals surface area contributed by atoms with E-state index in [0.717, 1.165) is 25.2 Å². The SMILES string of the molecule is CC1CN(C(C(=O)O)c2ccncc2)CCN1C. The molecule has 98 valence electrons. The highest BCUT2D eigenvalue weighted by atomic mass is 16.4. The van der Waals surface area contributed by atoms with Gasteiger partial charge in [0.25, 0.3) is 0 Å². The van der Waals surface area contributed by atoms with E-state index in [2.05, 4.69) is 23.9 Å². The van der Waals surface area contributed by atoms with Crippen LogP contribution in [0.5, 0.6) is 0 Å². The molecule has 0 saturated carbocycles. The fourth-order valence-corrected chi connectivity index (χ4v) is 2.37. The number of carboxylic acid groups (broad SMARTS) is 1. The average Bonchev–Trinajstić information content (AvgIpc) is 2.35. The predicted octanol–water partition coefficient (Wildman–Crippen LogP) is 0.843. The lowest BCUT2D eigenvalue weighted by Crippen LogP contribution is -2.52. The summed E-state index contributed by atoms with van der Waals surface area (Å²) in [6.45, 7) is 4.57. The third-order valence-corrected chi connectivity index (χ3v) is 3.61. The molecule has 1 aromatic rings. The van der Waals surface area contributed by atoms with Gasteiger partial charge >= 0.3 is 5.97 Å². The summed E-state index contributed by atoms with van der Waals surface area (Å²) in [5, 5.41) is 9.46. The molecular weight excluding hydrogens is 230 g/mol. The first-order valence-corrected chi connectivity index (χ1v) is 6.16. The lowest BCUT2D eigenvalue weighted by Gasteiger charge is -2.40. The third-order valence-electron chi connectivity index (χ3n) is 3.61. The molecule has 0 amide bonds. The molecule has 2 atom stereocenters. The number of nitrogens with zero attached hydrogens (tertiary/aromatic N) is 3. The summed E-state index contributed by atoms with van der Waals surface area (Å²) in [6, 6.07) is 3.37. The summed E-state index contributed by atoms with van der Waals surface area (Å²) in [7, 11) is 2.07. The lowest BCUT2D eigenvalue weighted by atomic mass is 10.0. The molecule has 0 radical (unpaired) electrons. The van der Waals surface area contributed by atoms with E-state index >= 15 is 0 Å². The second-order valence-corrected chi connectivity index (χ2v) is 4.85. The van der Waals surface area contributed by atoms with Crippen LogP contribution in [-0.4, -0.2) is 58.6 Å². The van der Waals surface area contributed by atoms with Crippen LogP contribution in [0.2, 0.25) is 0 Å². The first-order valence-electron chi connectivity index (χ1n) is 6.16. The van der Waals surface area contributed by atoms with Gasteiger partial charge in [0.2, 0.25) is 0 Å². The number of aromatic nitrogens is 1. The van der Waals surface area contributed by atoms with Crippen LogP contribution >= 0.6 is 0 Å². The maximum absolute atomic E-state index is 11.5. The van der Waals surface area contributed by atoms with Gasteiger partial charge in [-0.3, -0.25) is 14.7 Å². The maximum atomic E-state index is 11.5. The number of carbonyl (C=O) groups is 1. The van der Waals surface area contributed by atoms with Gasteiger partial charge in [-0.1, -0.05) is 0 Å². The molecule has 2 heterocycles. The Morgan fingerprint density at radius 3 is 2.67 bits per heavy atom. The standard InChI is InChI=1S/C13H19N3O2/c1-10-9-16(8-7-15(10)2)12(13(17)18)11-3-5-14-6-4-11/h3-6,10,12H,7-9H2,1-2H3,(H,17,18). The molecule has 0 bridgehead atoms. The van der Waals surface area contributed by atoms with Crippen LogP contribution in [-0.2, 0) is 4.79 Å². The van der Waals surface area contributed by atoms with E-state index in [-0.39, 0.29) is 0 Å². The van der Waals surface area contributed by atoms with Gasteiger partial charge in [0.15, 0.2) is 0 Å². The summed E-state index contributed by atoms with van der Waals surface area (Å²) in [5.41, 5.74) is 0.800. The number of hydrogen-bond donors (Lipinski definition) is 1. The van der Waals surface area contributed by atoms with Crippen molar-refractivity contribution in [3.05, 3.63) is 30.1 Å². The van der Waals surface area contributed by atoms with Crippen LogP contribution in [0, 0.1) is 0 Å². The van der Waals surface area contributed by atoms with Crippen molar-refractivity contribution >= 4 is 5.97 Å². The summed E-state index contributed by atoms with van der Waals surface area (Å²) >= 11 is 0. The molecular formula is C13H19N3O2. The average molecular weight is 249 g/mol. The van der Waals surface area contributed by atoms with Crippen LogP contribution in [0.3, 0.4) is 0 Å². The maximum Gasteiger partial charge on any atom is 0.325 e. The number of carboxylic acids is 1. The zero-order valence-electron chi connectivity index (χ0n) is 10.8. The Bertz CT molecular complexity index is 410. The number of hydrogen-bond acceptors (Lipinski definition) is 4. The Balaban J connectivity index is 2.19. The second kappa shape index (κ2) is 5.46. The van der Waals surface area contributed by atoms with Crippen molar-refractivity contribution in [3.8, 4) is 0 Å². The fourth-order valence-electron chi connectivity index (χ4n) is 2.37. The minimum absolute atomic E-state index is 0.377. The van der Waals surface area contributed by atoms with E-state index < -0.39 is 12.0 Å². The molecule has 18 heavy (non-hydrogen) atoms. The van der Waals surface area contributed by atoms with E-state index in [0.29, 0.717) is 6.04 Å². The monoisotopic (exact) mass is 249 g/mol. The van der Waals surface area contributed by atoms with Crippen LogP contribution < -0.4 is 0 Å². The van der Waals surface area contributed by atoms with Gasteiger partial charge in [0, 0.05) is 38.1 Å². The molecule has 5 heteroatoms. The quantitative estimate of drug-likeness (QED) is 0.860. The zero-order chi connectivity index (χ0) is 13.1. The van der Waals surface area contributed by atoms with E-state index in [4.69, 9.17) is 0 Å². The van der Waals surface area contributed by atoms with Gasteiger partial charge in [-0.05, 0) is 31.7 Å². The van der Waals surface area contributed by atoms with Crippen molar-refractivity contribution in [1.82, 2.24) is 14.8 Å². The molecule has 0 aliphatic carbocycles. The summed E-state index contributed by atoms with van der Waals surface area (Å²) in [4.78, 5) is 19.7. The Morgan fingerprint density at radius 2 is 2.11 bits per heavy atom. The zero-order valence-corrected chi connectivity index (χ0v) is 10.8. The number of likely N-dealkylation sites (N-methyl/N-ethyl adjacent to an activating group) is 1. The number of aliphatic carboxylic acids is 1. The molecule has 1 aromatic heterocycles. The van der Waals surface area contributed by atoms with Crippen molar-refractivity contribution in [2.45, 2.75) is 19.0 Å². The minimum atomic E-state index is -0.794. The lowest BCUT2D eigenvalue weighted by molar-refractivity contribution is -0.144. The van der Waals surface area contributed by atoms with Gasteiger partial charge in [0.05, 0.1) is 0 Å². The summed E-state index contributed by atoms with van der Waals surface area (Å²) in [6.07, 6.45) is 3.29. The molecule has 0 spiro atoms. The van der Waals surface area contributed by atoms with Crippen LogP contribution in [0.15, 0.2) is 24.5 Å². The molecule has 1 saturated heterocycles. The molecule has 1 aliphatic heterocycles. The van der Waals surface area contributed by atoms with E-state index in [1.54, 1.807) is 24.5 Å². The van der Waals surface area contributed by atoms with Gasteiger partial charge in [-0.15, -0.1) is 0 Å². The van der Waals surface area contributed by atoms with Gasteiger partial charge < -0.3 is 10.0 Å². The molecule has 1 aliphatic rings. The van der Waals surface area contributed by atoms with Crippen LogP contribution in [0.4, 0.5) is 0 Å². The Labute approximate surface area is 107 Å². The largest absolute Gasteiger partial charge is 0.480 e. The first kappa shape index (κ1) is 13.0. The summed E-state index contributed by atoms with van der Waals surface area (Å²) in [5.74, 6) is -0.794. The Morgan fingerprint density at radius 1 is 1.44 bits per heavy atom. The number of pyridine rings is 1. The molecule has 0 aromatic carbocycles.